The molecular weight excluding hydrogens is 272 g/mol. The maximum Gasteiger partial charge on any atom is 0.305 e. The molecule has 122 valence electrons. The summed E-state index contributed by atoms with van der Waals surface area (Å²) in [4.78, 5) is 22.5. The number of carbonyl (C=O) groups is 2. The minimum atomic E-state index is -1.11. The molecule has 1 saturated carbocycles. The highest BCUT2D eigenvalue weighted by molar-refractivity contribution is 5.88. The molecule has 0 saturated heterocycles. The second-order valence-electron chi connectivity index (χ2n) is 6.61. The second kappa shape index (κ2) is 7.87. The van der Waals surface area contributed by atoms with Crippen LogP contribution in [0.15, 0.2) is 0 Å². The van der Waals surface area contributed by atoms with Crippen LogP contribution in [-0.4, -0.2) is 39.7 Å². The Bertz CT molecular complexity index is 365. The van der Waals surface area contributed by atoms with Crippen molar-refractivity contribution < 1.29 is 19.8 Å². The molecule has 0 amide bonds. The summed E-state index contributed by atoms with van der Waals surface area (Å²) in [7, 11) is 0. The molecule has 0 heterocycles. The molecule has 0 aliphatic heterocycles. The maximum atomic E-state index is 11.9. The monoisotopic (exact) mass is 300 g/mol. The number of aliphatic hydroxyl groups is 1. The van der Waals surface area contributed by atoms with E-state index in [2.05, 4.69) is 0 Å². The van der Waals surface area contributed by atoms with Crippen molar-refractivity contribution >= 4 is 11.8 Å². The van der Waals surface area contributed by atoms with Gasteiger partial charge in [-0.05, 0) is 19.3 Å². The quantitative estimate of drug-likeness (QED) is 0.525. The van der Waals surface area contributed by atoms with Gasteiger partial charge in [-0.2, -0.15) is 0 Å². The normalized spacial score (nSPS) is 22.3. The molecule has 0 spiro atoms. The first kappa shape index (κ1) is 18.1. The lowest BCUT2D eigenvalue weighted by Crippen LogP contribution is -2.52. The van der Waals surface area contributed by atoms with Crippen LogP contribution in [0.5, 0.6) is 0 Å². The Morgan fingerprint density at radius 3 is 2.38 bits per heavy atom. The second-order valence-corrected chi connectivity index (χ2v) is 6.61. The molecule has 0 aromatic rings. The third-order valence-corrected chi connectivity index (χ3v) is 4.41. The number of carboxylic acids is 1. The number of Topliss-reactive ketones (excluding diaryl/α,β-unsaturated/α-hetero) is 1. The molecule has 1 fully saturated rings. The predicted molar refractivity (Wildman–Crippen MR) is 79.6 cm³/mol. The van der Waals surface area contributed by atoms with Gasteiger partial charge in [-0.15, -0.1) is 0 Å². The average Bonchev–Trinajstić information content (AvgIpc) is 2.38. The van der Waals surface area contributed by atoms with Gasteiger partial charge in [0.05, 0.1) is 18.6 Å². The van der Waals surface area contributed by atoms with E-state index in [-0.39, 0.29) is 6.42 Å². The first-order valence-corrected chi connectivity index (χ1v) is 7.69. The standard InChI is InChI=1S/C15H28N2O4/c1-15(17,9-12(18)11(16)8-14(20)21)13(19)7-10-5-3-2-4-6-10/h10-11,13,19H,2-9,16-17H2,1H3,(H,20,21)/t11-,13?,15?/m0/s1. The van der Waals surface area contributed by atoms with Gasteiger partial charge >= 0.3 is 5.97 Å². The molecule has 6 nitrogen and oxygen atoms in total. The summed E-state index contributed by atoms with van der Waals surface area (Å²) < 4.78 is 0. The van der Waals surface area contributed by atoms with Gasteiger partial charge in [0.2, 0.25) is 0 Å². The van der Waals surface area contributed by atoms with E-state index in [1.807, 2.05) is 0 Å². The molecule has 6 N–H and O–H groups in total. The predicted octanol–water partition coefficient (Wildman–Crippen LogP) is 0.796. The molecule has 3 atom stereocenters. The highest BCUT2D eigenvalue weighted by Gasteiger charge is 2.34. The topological polar surface area (TPSA) is 127 Å². The third-order valence-electron chi connectivity index (χ3n) is 4.41. The van der Waals surface area contributed by atoms with E-state index < -0.39 is 35.9 Å². The fourth-order valence-corrected chi connectivity index (χ4v) is 2.93. The molecule has 1 aliphatic carbocycles. The van der Waals surface area contributed by atoms with Gasteiger partial charge in [-0.3, -0.25) is 9.59 Å². The largest absolute Gasteiger partial charge is 0.481 e. The highest BCUT2D eigenvalue weighted by atomic mass is 16.4. The zero-order chi connectivity index (χ0) is 16.0. The number of aliphatic carboxylic acids is 1. The fraction of sp³-hybridized carbons (Fsp3) is 0.867. The molecular formula is C15H28N2O4. The van der Waals surface area contributed by atoms with Crippen molar-refractivity contribution in [1.82, 2.24) is 0 Å². The SMILES string of the molecule is CC(N)(CC(=O)[C@@H](N)CC(=O)O)C(O)CC1CCCCC1. The van der Waals surface area contributed by atoms with Crippen molar-refractivity contribution in [2.45, 2.75) is 76.0 Å². The molecule has 0 radical (unpaired) electrons. The van der Waals surface area contributed by atoms with E-state index in [1.54, 1.807) is 6.92 Å². The summed E-state index contributed by atoms with van der Waals surface area (Å²) in [6.07, 6.45) is 5.11. The Hall–Kier alpha value is -0.980. The van der Waals surface area contributed by atoms with E-state index in [0.29, 0.717) is 12.3 Å². The maximum absolute atomic E-state index is 11.9. The van der Waals surface area contributed by atoms with E-state index in [0.717, 1.165) is 12.8 Å². The molecule has 1 rings (SSSR count). The van der Waals surface area contributed by atoms with Gasteiger partial charge < -0.3 is 21.7 Å². The molecule has 1 aliphatic rings. The Morgan fingerprint density at radius 2 is 1.86 bits per heavy atom. The highest BCUT2D eigenvalue weighted by Crippen LogP contribution is 2.30. The number of aliphatic hydroxyl groups excluding tert-OH is 1. The first-order valence-electron chi connectivity index (χ1n) is 7.69. The summed E-state index contributed by atoms with van der Waals surface area (Å²) in [6.45, 7) is 1.63. The van der Waals surface area contributed by atoms with Crippen LogP contribution in [0.4, 0.5) is 0 Å². The first-order chi connectivity index (χ1) is 9.72. The summed E-state index contributed by atoms with van der Waals surface area (Å²) in [6, 6.07) is -1.06. The lowest BCUT2D eigenvalue weighted by Gasteiger charge is -2.34. The average molecular weight is 300 g/mol. The van der Waals surface area contributed by atoms with Gasteiger partial charge in [-0.1, -0.05) is 32.1 Å². The molecule has 0 bridgehead atoms. The van der Waals surface area contributed by atoms with Crippen molar-refractivity contribution in [3.63, 3.8) is 0 Å². The van der Waals surface area contributed by atoms with Gasteiger partial charge in [-0.25, -0.2) is 0 Å². The number of carbonyl (C=O) groups excluding carboxylic acids is 1. The van der Waals surface area contributed by atoms with E-state index in [1.165, 1.54) is 19.3 Å². The zero-order valence-electron chi connectivity index (χ0n) is 12.8. The minimum absolute atomic E-state index is 0.102. The summed E-state index contributed by atoms with van der Waals surface area (Å²) in [5, 5.41) is 19.0. The van der Waals surface area contributed by atoms with Crippen LogP contribution >= 0.6 is 0 Å². The van der Waals surface area contributed by atoms with Gasteiger partial charge in [0.1, 0.15) is 0 Å². The van der Waals surface area contributed by atoms with Crippen molar-refractivity contribution in [3.8, 4) is 0 Å². The van der Waals surface area contributed by atoms with Crippen molar-refractivity contribution in [1.29, 1.82) is 0 Å². The van der Waals surface area contributed by atoms with Crippen LogP contribution in [0.1, 0.15) is 58.3 Å². The van der Waals surface area contributed by atoms with Crippen LogP contribution in [0.25, 0.3) is 0 Å². The number of ketones is 1. The van der Waals surface area contributed by atoms with Gasteiger partial charge in [0.15, 0.2) is 5.78 Å². The lowest BCUT2D eigenvalue weighted by atomic mass is 9.79. The number of rotatable bonds is 8. The van der Waals surface area contributed by atoms with Crippen molar-refractivity contribution in [2.75, 3.05) is 0 Å². The van der Waals surface area contributed by atoms with E-state index >= 15 is 0 Å². The van der Waals surface area contributed by atoms with Crippen LogP contribution in [0, 0.1) is 5.92 Å². The Kier molecular flexibility index (Phi) is 6.77. The summed E-state index contributed by atoms with van der Waals surface area (Å²) in [5.74, 6) is -1.07. The molecule has 21 heavy (non-hydrogen) atoms. The molecule has 2 unspecified atom stereocenters. The van der Waals surface area contributed by atoms with Crippen LogP contribution in [-0.2, 0) is 9.59 Å². The molecule has 0 aromatic carbocycles. The number of nitrogens with two attached hydrogens (primary N) is 2. The smallest absolute Gasteiger partial charge is 0.305 e. The van der Waals surface area contributed by atoms with Crippen LogP contribution in [0.3, 0.4) is 0 Å². The lowest BCUT2D eigenvalue weighted by molar-refractivity contribution is -0.139. The Labute approximate surface area is 125 Å². The number of carboxylic acid groups (broad SMARTS) is 1. The van der Waals surface area contributed by atoms with Crippen molar-refractivity contribution in [3.05, 3.63) is 0 Å². The van der Waals surface area contributed by atoms with Crippen LogP contribution < -0.4 is 11.5 Å². The van der Waals surface area contributed by atoms with E-state index in [9.17, 15) is 14.7 Å². The minimum Gasteiger partial charge on any atom is -0.481 e. The summed E-state index contributed by atoms with van der Waals surface area (Å²) in [5.41, 5.74) is 10.6. The van der Waals surface area contributed by atoms with Crippen molar-refractivity contribution in [2.24, 2.45) is 17.4 Å². The van der Waals surface area contributed by atoms with Gasteiger partial charge in [0, 0.05) is 12.0 Å². The third kappa shape index (κ3) is 6.11. The molecule has 6 heteroatoms. The van der Waals surface area contributed by atoms with Crippen LogP contribution in [0.2, 0.25) is 0 Å². The summed E-state index contributed by atoms with van der Waals surface area (Å²) >= 11 is 0. The van der Waals surface area contributed by atoms with E-state index in [4.69, 9.17) is 16.6 Å². The molecule has 0 aromatic heterocycles. The number of hydrogen-bond donors (Lipinski definition) is 4. The Morgan fingerprint density at radius 1 is 1.29 bits per heavy atom. The zero-order valence-corrected chi connectivity index (χ0v) is 12.8. The Balaban J connectivity index is 2.49. The number of hydrogen-bond acceptors (Lipinski definition) is 5. The fourth-order valence-electron chi connectivity index (χ4n) is 2.93. The van der Waals surface area contributed by atoms with Gasteiger partial charge in [0.25, 0.3) is 0 Å².